The minimum atomic E-state index is -0.445. The number of benzene rings is 3. The second-order valence-corrected chi connectivity index (χ2v) is 6.25. The zero-order valence-electron chi connectivity index (χ0n) is 13.4. The van der Waals surface area contributed by atoms with Crippen molar-refractivity contribution in [2.75, 3.05) is 4.90 Å². The lowest BCUT2D eigenvalue weighted by Gasteiger charge is -2.29. The Morgan fingerprint density at radius 1 is 0.654 bits per heavy atom. The Morgan fingerprint density at radius 3 is 1.85 bits per heavy atom. The summed E-state index contributed by atoms with van der Waals surface area (Å²) < 4.78 is 0. The molecule has 1 aliphatic heterocycles. The highest BCUT2D eigenvalue weighted by molar-refractivity contribution is 6.38. The first-order valence-electron chi connectivity index (χ1n) is 8.07. The number of rotatable bonds is 1. The zero-order chi connectivity index (χ0) is 18.0. The van der Waals surface area contributed by atoms with Crippen molar-refractivity contribution in [2.45, 2.75) is 0 Å². The van der Waals surface area contributed by atoms with Gasteiger partial charge in [-0.15, -0.1) is 0 Å². The van der Waals surface area contributed by atoms with E-state index < -0.39 is 11.8 Å². The third kappa shape index (κ3) is 1.71. The van der Waals surface area contributed by atoms with Gasteiger partial charge in [0.1, 0.15) is 5.76 Å². The van der Waals surface area contributed by atoms with Crippen LogP contribution < -0.4 is 4.90 Å². The lowest BCUT2D eigenvalue weighted by Crippen LogP contribution is -2.40. The van der Waals surface area contributed by atoms with Crippen LogP contribution in [0.4, 0.5) is 5.69 Å². The molecule has 1 heterocycles. The highest BCUT2D eigenvalue weighted by Crippen LogP contribution is 2.39. The van der Waals surface area contributed by atoms with Gasteiger partial charge in [0.15, 0.2) is 5.78 Å². The van der Waals surface area contributed by atoms with Crippen LogP contribution in [0, 0.1) is 0 Å². The molecule has 0 aromatic heterocycles. The number of aliphatic hydroxyl groups excluding tert-OH is 1. The maximum atomic E-state index is 13.0. The first-order chi connectivity index (χ1) is 12.6. The number of nitrogens with zero attached hydrogens (tertiary/aromatic N) is 1. The molecule has 5 heteroatoms. The molecule has 3 aromatic rings. The van der Waals surface area contributed by atoms with E-state index >= 15 is 0 Å². The summed E-state index contributed by atoms with van der Waals surface area (Å²) in [5.74, 6) is -1.39. The number of para-hydroxylation sites is 1. The summed E-state index contributed by atoms with van der Waals surface area (Å²) in [4.78, 5) is 39.5. The number of amides is 2. The van der Waals surface area contributed by atoms with Crippen molar-refractivity contribution in [2.24, 2.45) is 0 Å². The Bertz CT molecular complexity index is 1170. The minimum Gasteiger partial charge on any atom is -0.507 e. The summed E-state index contributed by atoms with van der Waals surface area (Å²) in [7, 11) is 0. The second-order valence-electron chi connectivity index (χ2n) is 6.25. The van der Waals surface area contributed by atoms with Crippen molar-refractivity contribution >= 4 is 39.8 Å². The maximum Gasteiger partial charge on any atom is 0.265 e. The Morgan fingerprint density at radius 2 is 1.19 bits per heavy atom. The predicted octanol–water partition coefficient (Wildman–Crippen LogP) is 3.74. The standard InChI is InChI=1S/C21H11NO4/c23-16-10-17(24)13-7-9-15-19-14(8-6-12(16)18(13)19)20(25)22(21(15)26)11-4-2-1-3-5-11/h1-10,23H. The van der Waals surface area contributed by atoms with Gasteiger partial charge < -0.3 is 5.11 Å². The summed E-state index contributed by atoms with van der Waals surface area (Å²) in [5.41, 5.74) is 2.00. The Labute approximate surface area is 147 Å². The van der Waals surface area contributed by atoms with Crippen molar-refractivity contribution in [1.82, 2.24) is 0 Å². The van der Waals surface area contributed by atoms with Crippen molar-refractivity contribution in [3.05, 3.63) is 82.9 Å². The van der Waals surface area contributed by atoms with Gasteiger partial charge in [-0.3, -0.25) is 14.4 Å². The minimum absolute atomic E-state index is 0.156. The van der Waals surface area contributed by atoms with E-state index in [9.17, 15) is 19.5 Å². The van der Waals surface area contributed by atoms with Gasteiger partial charge in [-0.1, -0.05) is 18.2 Å². The van der Waals surface area contributed by atoms with E-state index in [2.05, 4.69) is 0 Å². The van der Waals surface area contributed by atoms with E-state index in [1.807, 2.05) is 6.07 Å². The van der Waals surface area contributed by atoms with Crippen LogP contribution in [-0.4, -0.2) is 22.7 Å². The fraction of sp³-hybridized carbons (Fsp3) is 0. The van der Waals surface area contributed by atoms with Crippen molar-refractivity contribution in [3.63, 3.8) is 0 Å². The van der Waals surface area contributed by atoms with Crippen molar-refractivity contribution in [3.8, 4) is 0 Å². The molecule has 0 saturated heterocycles. The summed E-state index contributed by atoms with van der Waals surface area (Å²) in [6, 6.07) is 15.1. The van der Waals surface area contributed by atoms with Gasteiger partial charge in [0.2, 0.25) is 0 Å². The van der Waals surface area contributed by atoms with Gasteiger partial charge >= 0.3 is 0 Å². The molecule has 1 N–H and O–H groups in total. The number of carbonyl (C=O) groups is 3. The number of ketones is 1. The molecule has 0 spiro atoms. The molecule has 26 heavy (non-hydrogen) atoms. The molecule has 0 unspecified atom stereocenters. The van der Waals surface area contributed by atoms with Gasteiger partial charge in [0.25, 0.3) is 11.8 Å². The normalized spacial score (nSPS) is 15.5. The lowest BCUT2D eigenvalue weighted by molar-refractivity contribution is 0.0892. The van der Waals surface area contributed by atoms with Crippen LogP contribution >= 0.6 is 0 Å². The van der Waals surface area contributed by atoms with Crippen molar-refractivity contribution in [1.29, 1.82) is 0 Å². The number of hydrogen-bond donors (Lipinski definition) is 1. The zero-order valence-corrected chi connectivity index (χ0v) is 13.4. The van der Waals surface area contributed by atoms with E-state index in [-0.39, 0.29) is 11.5 Å². The smallest absolute Gasteiger partial charge is 0.265 e. The van der Waals surface area contributed by atoms with Gasteiger partial charge in [0, 0.05) is 39.1 Å². The van der Waals surface area contributed by atoms with Gasteiger partial charge in [-0.25, -0.2) is 4.90 Å². The number of hydrogen-bond acceptors (Lipinski definition) is 4. The Hall–Kier alpha value is -3.73. The lowest BCUT2D eigenvalue weighted by atomic mass is 9.84. The fourth-order valence-corrected chi connectivity index (χ4v) is 3.70. The number of imide groups is 1. The highest BCUT2D eigenvalue weighted by Gasteiger charge is 2.36. The van der Waals surface area contributed by atoms with E-state index in [4.69, 9.17) is 0 Å². The van der Waals surface area contributed by atoms with Crippen LogP contribution in [0.2, 0.25) is 0 Å². The summed E-state index contributed by atoms with van der Waals surface area (Å²) in [6.45, 7) is 0. The second kappa shape index (κ2) is 4.89. The number of aliphatic hydroxyl groups is 1. The average molecular weight is 341 g/mol. The highest BCUT2D eigenvalue weighted by atomic mass is 16.3. The summed E-state index contributed by atoms with van der Waals surface area (Å²) in [6.07, 6.45) is 1.15. The maximum absolute atomic E-state index is 13.0. The molecule has 5 nitrogen and oxygen atoms in total. The molecule has 0 radical (unpaired) electrons. The SMILES string of the molecule is O=C1C=C(O)c2ccc3c4c(ccc1c24)C(=O)N(c1ccccc1)C3=O. The van der Waals surface area contributed by atoms with Gasteiger partial charge in [-0.2, -0.15) is 0 Å². The molecule has 0 saturated carbocycles. The number of allylic oxidation sites excluding steroid dienone is 1. The third-order valence-electron chi connectivity index (χ3n) is 4.85. The van der Waals surface area contributed by atoms with E-state index in [1.165, 1.54) is 0 Å². The Balaban J connectivity index is 1.86. The molecule has 3 aromatic carbocycles. The summed E-state index contributed by atoms with van der Waals surface area (Å²) in [5, 5.41) is 11.0. The molecule has 0 bridgehead atoms. The monoisotopic (exact) mass is 341 g/mol. The van der Waals surface area contributed by atoms with Crippen LogP contribution in [0.15, 0.2) is 60.7 Å². The molecule has 5 rings (SSSR count). The molecular weight excluding hydrogens is 330 g/mol. The molecule has 0 atom stereocenters. The number of carbonyl (C=O) groups excluding carboxylic acids is 3. The van der Waals surface area contributed by atoms with Crippen LogP contribution in [-0.2, 0) is 0 Å². The molecule has 1 aliphatic carbocycles. The predicted molar refractivity (Wildman–Crippen MR) is 96.5 cm³/mol. The molecule has 0 fully saturated rings. The quantitative estimate of drug-likeness (QED) is 0.684. The van der Waals surface area contributed by atoms with E-state index in [0.29, 0.717) is 38.7 Å². The molecule has 2 aliphatic rings. The first-order valence-corrected chi connectivity index (χ1v) is 8.07. The topological polar surface area (TPSA) is 74.7 Å². The largest absolute Gasteiger partial charge is 0.507 e. The average Bonchev–Trinajstić information content (AvgIpc) is 2.65. The van der Waals surface area contributed by atoms with Crippen LogP contribution in [0.25, 0.3) is 16.5 Å². The Kier molecular flexibility index (Phi) is 2.75. The van der Waals surface area contributed by atoms with Crippen LogP contribution in [0.3, 0.4) is 0 Å². The molecule has 124 valence electrons. The third-order valence-corrected chi connectivity index (χ3v) is 4.85. The molecule has 2 amide bonds. The first kappa shape index (κ1) is 14.6. The van der Waals surface area contributed by atoms with Gasteiger partial charge in [0.05, 0.1) is 5.69 Å². The van der Waals surface area contributed by atoms with Crippen LogP contribution in [0.1, 0.15) is 36.6 Å². The van der Waals surface area contributed by atoms with E-state index in [1.54, 1.807) is 48.5 Å². The number of anilines is 1. The molecular formula is C21H11NO4. The van der Waals surface area contributed by atoms with E-state index in [0.717, 1.165) is 11.0 Å². The summed E-state index contributed by atoms with van der Waals surface area (Å²) >= 11 is 0. The van der Waals surface area contributed by atoms with Crippen molar-refractivity contribution < 1.29 is 19.5 Å². The fourth-order valence-electron chi connectivity index (χ4n) is 3.70. The van der Waals surface area contributed by atoms with Gasteiger partial charge in [-0.05, 0) is 36.4 Å². The van der Waals surface area contributed by atoms with Crippen LogP contribution in [0.5, 0.6) is 0 Å².